The van der Waals surface area contributed by atoms with Crippen molar-refractivity contribution in [3.63, 3.8) is 0 Å². The van der Waals surface area contributed by atoms with Gasteiger partial charge in [0, 0.05) is 19.0 Å². The zero-order valence-electron chi connectivity index (χ0n) is 17.7. The summed E-state index contributed by atoms with van der Waals surface area (Å²) in [6, 6.07) is 14.7. The minimum Gasteiger partial charge on any atom is -0.741 e. The van der Waals surface area contributed by atoms with Gasteiger partial charge >= 0.3 is 0 Å². The Hall–Kier alpha value is -2.61. The molecule has 0 radical (unpaired) electrons. The van der Waals surface area contributed by atoms with Crippen LogP contribution in [0.4, 0.5) is 5.69 Å². The van der Waals surface area contributed by atoms with Gasteiger partial charge in [-0.2, -0.15) is 5.10 Å². The molecule has 0 N–H and O–H groups in total. The van der Waals surface area contributed by atoms with E-state index in [0.717, 1.165) is 30.6 Å². The zero-order chi connectivity index (χ0) is 22.0. The van der Waals surface area contributed by atoms with E-state index in [-0.39, 0.29) is 17.7 Å². The highest BCUT2D eigenvalue weighted by molar-refractivity contribution is 6.40. The first-order valence-electron chi connectivity index (χ1n) is 10.5. The highest BCUT2D eigenvalue weighted by atomic mass is 35.5. The van der Waals surface area contributed by atoms with Crippen LogP contribution in [-0.2, 0) is 4.79 Å². The fourth-order valence-corrected chi connectivity index (χ4v) is 4.45. The van der Waals surface area contributed by atoms with Gasteiger partial charge in [-0.1, -0.05) is 49.2 Å². The molecule has 8 heteroatoms. The lowest BCUT2D eigenvalue weighted by molar-refractivity contribution is -0.136. The van der Waals surface area contributed by atoms with Crippen molar-refractivity contribution in [3.8, 4) is 5.75 Å². The van der Waals surface area contributed by atoms with Crippen LogP contribution in [0.25, 0.3) is 0 Å². The lowest BCUT2D eigenvalue weighted by atomic mass is 9.91. The van der Waals surface area contributed by atoms with Crippen molar-refractivity contribution >= 4 is 28.9 Å². The summed E-state index contributed by atoms with van der Waals surface area (Å²) in [6.07, 6.45) is 2.90. The van der Waals surface area contributed by atoms with Crippen molar-refractivity contribution in [2.45, 2.75) is 32.2 Å². The Morgan fingerprint density at radius 3 is 2.45 bits per heavy atom. The van der Waals surface area contributed by atoms with E-state index in [4.69, 9.17) is 16.3 Å². The van der Waals surface area contributed by atoms with Gasteiger partial charge in [-0.3, -0.25) is 9.80 Å². The molecule has 4 rings (SSSR count). The van der Waals surface area contributed by atoms with Gasteiger partial charge in [0.1, 0.15) is 11.5 Å². The number of carbonyl (C=O) groups is 1. The second kappa shape index (κ2) is 9.26. The largest absolute Gasteiger partial charge is 0.741 e. The molecule has 0 spiro atoms. The molecule has 7 nitrogen and oxygen atoms in total. The highest BCUT2D eigenvalue weighted by Gasteiger charge is 2.41. The number of nitrogens with zero attached hydrogens (tertiary/aromatic N) is 4. The first-order chi connectivity index (χ1) is 15.0. The lowest BCUT2D eigenvalue weighted by Gasteiger charge is -2.41. The molecule has 2 aromatic carbocycles. The number of piperidine rings is 1. The molecular formula is C23H26ClN4O3-. The van der Waals surface area contributed by atoms with Crippen molar-refractivity contribution in [2.24, 2.45) is 11.0 Å². The standard InChI is InChI=1S/C23H26ClN4O3/c1-16-21(23(29)28(30)26-14-6-3-7-15-26)25-27(20-9-5-4-8-19(20)24)22(16)17-10-12-18(31-2)13-11-17/h4-5,8-13,16,22H,3,6-7,14-15H2,1-2H3/q-1/t16-,22+/m0/s1. The summed E-state index contributed by atoms with van der Waals surface area (Å²) in [6.45, 7) is 3.10. The number of hydrazone groups is 1. The number of methoxy groups -OCH3 is 1. The van der Waals surface area contributed by atoms with E-state index in [2.05, 4.69) is 5.10 Å². The number of hydroxylamine groups is 1. The van der Waals surface area contributed by atoms with Crippen LogP contribution in [0, 0.1) is 11.1 Å². The van der Waals surface area contributed by atoms with Crippen molar-refractivity contribution in [1.82, 2.24) is 10.2 Å². The van der Waals surface area contributed by atoms with E-state index < -0.39 is 5.91 Å². The average Bonchev–Trinajstić information content (AvgIpc) is 3.15. The molecule has 1 fully saturated rings. The van der Waals surface area contributed by atoms with Gasteiger partial charge in [0.05, 0.1) is 23.9 Å². The summed E-state index contributed by atoms with van der Waals surface area (Å²) < 4.78 is 5.28. The third-order valence-electron chi connectivity index (χ3n) is 5.92. The molecular weight excluding hydrogens is 416 g/mol. The van der Waals surface area contributed by atoms with Gasteiger partial charge < -0.3 is 15.1 Å². The number of hydrazine groups is 1. The maximum atomic E-state index is 13.2. The second-order valence-corrected chi connectivity index (χ2v) is 8.29. The van der Waals surface area contributed by atoms with Gasteiger partial charge in [-0.15, -0.1) is 0 Å². The molecule has 2 heterocycles. The fourth-order valence-electron chi connectivity index (χ4n) is 4.23. The Kier molecular flexibility index (Phi) is 6.46. The topological polar surface area (TPSA) is 71.4 Å². The summed E-state index contributed by atoms with van der Waals surface area (Å²) in [5.74, 6) is -0.174. The number of ether oxygens (including phenoxy) is 1. The van der Waals surface area contributed by atoms with Gasteiger partial charge in [0.15, 0.2) is 0 Å². The maximum absolute atomic E-state index is 13.2. The second-order valence-electron chi connectivity index (χ2n) is 7.88. The van der Waals surface area contributed by atoms with E-state index in [1.54, 1.807) is 23.2 Å². The molecule has 31 heavy (non-hydrogen) atoms. The summed E-state index contributed by atoms with van der Waals surface area (Å²) >= 11 is 6.47. The molecule has 0 aromatic heterocycles. The predicted octanol–water partition coefficient (Wildman–Crippen LogP) is 4.63. The third kappa shape index (κ3) is 4.26. The van der Waals surface area contributed by atoms with Crippen molar-refractivity contribution in [2.75, 3.05) is 25.2 Å². The first kappa shape index (κ1) is 21.6. The highest BCUT2D eigenvalue weighted by Crippen LogP contribution is 2.42. The fraction of sp³-hybridized carbons (Fsp3) is 0.391. The maximum Gasteiger partial charge on any atom is 0.274 e. The van der Waals surface area contributed by atoms with Gasteiger partial charge in [0.25, 0.3) is 5.91 Å². The number of anilines is 1. The normalized spacial score (nSPS) is 21.7. The molecule has 0 aliphatic carbocycles. The van der Waals surface area contributed by atoms with Crippen LogP contribution < -0.4 is 9.75 Å². The average molecular weight is 442 g/mol. The van der Waals surface area contributed by atoms with E-state index >= 15 is 0 Å². The number of hydrogen-bond donors (Lipinski definition) is 0. The Balaban J connectivity index is 1.69. The Bertz CT molecular complexity index is 960. The van der Waals surface area contributed by atoms with Crippen LogP contribution in [0.3, 0.4) is 0 Å². The number of para-hydroxylation sites is 1. The van der Waals surface area contributed by atoms with Crippen LogP contribution in [0.15, 0.2) is 53.6 Å². The smallest absolute Gasteiger partial charge is 0.274 e. The monoisotopic (exact) mass is 441 g/mol. The van der Waals surface area contributed by atoms with Crippen LogP contribution in [-0.4, -0.2) is 42.0 Å². The van der Waals surface area contributed by atoms with Crippen molar-refractivity contribution < 1.29 is 9.53 Å². The number of carbonyl (C=O) groups excluding carboxylic acids is 1. The number of hydrogen-bond acceptors (Lipinski definition) is 6. The van der Waals surface area contributed by atoms with Crippen molar-refractivity contribution in [1.29, 1.82) is 0 Å². The summed E-state index contributed by atoms with van der Waals surface area (Å²) in [7, 11) is 1.62. The molecule has 2 aromatic rings. The predicted molar refractivity (Wildman–Crippen MR) is 122 cm³/mol. The van der Waals surface area contributed by atoms with Gasteiger partial charge in [-0.05, 0) is 42.7 Å². The minimum absolute atomic E-state index is 0.237. The number of benzene rings is 2. The van der Waals surface area contributed by atoms with E-state index in [1.165, 1.54) is 0 Å². The van der Waals surface area contributed by atoms with E-state index in [9.17, 15) is 10.0 Å². The Labute approximate surface area is 187 Å². The van der Waals surface area contributed by atoms with E-state index in [1.807, 2.05) is 49.4 Å². The molecule has 2 aliphatic rings. The van der Waals surface area contributed by atoms with Crippen LogP contribution >= 0.6 is 11.6 Å². The Morgan fingerprint density at radius 2 is 1.81 bits per heavy atom. The summed E-state index contributed by atoms with van der Waals surface area (Å²) in [5.41, 5.74) is 1.88. The molecule has 164 valence electrons. The first-order valence-corrected chi connectivity index (χ1v) is 10.9. The summed E-state index contributed by atoms with van der Waals surface area (Å²) in [4.78, 5) is 13.2. The summed E-state index contributed by atoms with van der Waals surface area (Å²) in [5, 5.41) is 21.8. The number of amides is 1. The quantitative estimate of drug-likeness (QED) is 0.632. The number of rotatable bonds is 5. The van der Waals surface area contributed by atoms with Crippen LogP contribution in [0.2, 0.25) is 5.02 Å². The zero-order valence-corrected chi connectivity index (χ0v) is 18.5. The van der Waals surface area contributed by atoms with Gasteiger partial charge in [-0.25, -0.2) is 5.01 Å². The molecule has 2 aliphatic heterocycles. The van der Waals surface area contributed by atoms with Gasteiger partial charge in [0.2, 0.25) is 0 Å². The van der Waals surface area contributed by atoms with Crippen LogP contribution in [0.5, 0.6) is 5.75 Å². The lowest BCUT2D eigenvalue weighted by Crippen LogP contribution is -2.48. The van der Waals surface area contributed by atoms with Crippen molar-refractivity contribution in [3.05, 3.63) is 64.3 Å². The molecule has 0 saturated carbocycles. The SMILES string of the molecule is COc1ccc([C@H]2[C@@H](C)C(C(=O)N([O-])N3CCCCC3)=NN2c2ccccc2Cl)cc1. The minimum atomic E-state index is -0.609. The van der Waals surface area contributed by atoms with E-state index in [0.29, 0.717) is 29.0 Å². The third-order valence-corrected chi connectivity index (χ3v) is 6.24. The number of halogens is 1. The molecule has 0 bridgehead atoms. The molecule has 1 saturated heterocycles. The molecule has 1 amide bonds. The molecule has 0 unspecified atom stereocenters. The Morgan fingerprint density at radius 1 is 1.13 bits per heavy atom. The van der Waals surface area contributed by atoms with Crippen LogP contribution in [0.1, 0.15) is 37.8 Å². The molecule has 2 atom stereocenters.